The zero-order chi connectivity index (χ0) is 12.7. The summed E-state index contributed by atoms with van der Waals surface area (Å²) in [5, 5.41) is 13.3. The van der Waals surface area contributed by atoms with E-state index in [1.807, 2.05) is 19.9 Å². The Bertz CT molecular complexity index is 308. The maximum atomic E-state index is 9.89. The molecule has 0 radical (unpaired) electrons. The van der Waals surface area contributed by atoms with Gasteiger partial charge in [-0.3, -0.25) is 0 Å². The Labute approximate surface area is 105 Å². The minimum absolute atomic E-state index is 0.438. The van der Waals surface area contributed by atoms with Gasteiger partial charge < -0.3 is 10.4 Å². The van der Waals surface area contributed by atoms with E-state index in [1.165, 1.54) is 5.56 Å². The maximum Gasteiger partial charge on any atom is 0.0741 e. The third-order valence-corrected chi connectivity index (χ3v) is 3.30. The topological polar surface area (TPSA) is 32.3 Å². The summed E-state index contributed by atoms with van der Waals surface area (Å²) in [7, 11) is 0. The van der Waals surface area contributed by atoms with Gasteiger partial charge in [0.1, 0.15) is 0 Å². The number of hydrogen-bond acceptors (Lipinski definition) is 2. The quantitative estimate of drug-likeness (QED) is 0.761. The normalized spacial score (nSPS) is 16.5. The van der Waals surface area contributed by atoms with Crippen molar-refractivity contribution < 1.29 is 5.11 Å². The van der Waals surface area contributed by atoms with E-state index in [2.05, 4.69) is 36.5 Å². The van der Waals surface area contributed by atoms with Crippen LogP contribution < -0.4 is 5.32 Å². The second kappa shape index (κ2) is 6.77. The van der Waals surface area contributed by atoms with Crippen LogP contribution >= 0.6 is 0 Å². The van der Waals surface area contributed by atoms with Crippen molar-refractivity contribution in [1.82, 2.24) is 5.32 Å². The summed E-state index contributed by atoms with van der Waals surface area (Å²) in [5.41, 5.74) is 0.796. The van der Waals surface area contributed by atoms with Crippen molar-refractivity contribution in [3.05, 3.63) is 35.9 Å². The number of hydrogen-bond donors (Lipinski definition) is 2. The van der Waals surface area contributed by atoms with E-state index in [4.69, 9.17) is 0 Å². The summed E-state index contributed by atoms with van der Waals surface area (Å²) in [5.74, 6) is 0. The lowest BCUT2D eigenvalue weighted by Crippen LogP contribution is -2.41. The average Bonchev–Trinajstić information content (AvgIpc) is 2.35. The highest BCUT2D eigenvalue weighted by Gasteiger charge is 2.17. The van der Waals surface area contributed by atoms with Crippen LogP contribution in [0.2, 0.25) is 0 Å². The van der Waals surface area contributed by atoms with Gasteiger partial charge in [-0.25, -0.2) is 0 Å². The molecule has 1 rings (SSSR count). The van der Waals surface area contributed by atoms with Crippen molar-refractivity contribution in [3.63, 3.8) is 0 Å². The molecule has 2 unspecified atom stereocenters. The molecule has 17 heavy (non-hydrogen) atoms. The SMILES string of the molecule is CCC(C)(O)CNC(C)CCc1ccccc1. The van der Waals surface area contributed by atoms with E-state index < -0.39 is 5.60 Å². The first-order valence-corrected chi connectivity index (χ1v) is 6.53. The predicted octanol–water partition coefficient (Wildman–Crippen LogP) is 2.76. The second-order valence-corrected chi connectivity index (χ2v) is 5.16. The molecule has 96 valence electrons. The van der Waals surface area contributed by atoms with Gasteiger partial charge in [0.05, 0.1) is 5.60 Å². The monoisotopic (exact) mass is 235 g/mol. The van der Waals surface area contributed by atoms with Crippen LogP contribution in [0.1, 0.15) is 39.2 Å². The van der Waals surface area contributed by atoms with Crippen molar-refractivity contribution in [1.29, 1.82) is 0 Å². The van der Waals surface area contributed by atoms with Crippen molar-refractivity contribution in [3.8, 4) is 0 Å². The maximum absolute atomic E-state index is 9.89. The number of nitrogens with one attached hydrogen (secondary N) is 1. The van der Waals surface area contributed by atoms with Crippen LogP contribution in [0.15, 0.2) is 30.3 Å². The third-order valence-electron chi connectivity index (χ3n) is 3.30. The summed E-state index contributed by atoms with van der Waals surface area (Å²) in [6.45, 7) is 6.73. The van der Waals surface area contributed by atoms with Crippen LogP contribution in [0.3, 0.4) is 0 Å². The van der Waals surface area contributed by atoms with E-state index in [-0.39, 0.29) is 0 Å². The fourth-order valence-electron chi connectivity index (χ4n) is 1.65. The fraction of sp³-hybridized carbons (Fsp3) is 0.600. The molecule has 2 N–H and O–H groups in total. The molecule has 0 fully saturated rings. The van der Waals surface area contributed by atoms with Gasteiger partial charge in [-0.15, -0.1) is 0 Å². The Balaban J connectivity index is 2.24. The Morgan fingerprint density at radius 1 is 1.29 bits per heavy atom. The minimum atomic E-state index is -0.582. The Morgan fingerprint density at radius 3 is 2.53 bits per heavy atom. The minimum Gasteiger partial charge on any atom is -0.389 e. The molecule has 2 nitrogen and oxygen atoms in total. The van der Waals surface area contributed by atoms with Crippen LogP contribution in [-0.2, 0) is 6.42 Å². The highest BCUT2D eigenvalue weighted by molar-refractivity contribution is 5.14. The summed E-state index contributed by atoms with van der Waals surface area (Å²) in [4.78, 5) is 0. The Kier molecular flexibility index (Phi) is 5.66. The standard InChI is InChI=1S/C15H25NO/c1-4-15(3,17)12-16-13(2)10-11-14-8-6-5-7-9-14/h5-9,13,16-17H,4,10-12H2,1-3H3. The molecule has 0 amide bonds. The van der Waals surface area contributed by atoms with Gasteiger partial charge in [0, 0.05) is 12.6 Å². The lowest BCUT2D eigenvalue weighted by Gasteiger charge is -2.24. The number of aliphatic hydroxyl groups is 1. The average molecular weight is 235 g/mol. The first-order valence-electron chi connectivity index (χ1n) is 6.53. The number of benzene rings is 1. The smallest absolute Gasteiger partial charge is 0.0741 e. The molecule has 0 aliphatic rings. The predicted molar refractivity (Wildman–Crippen MR) is 73.1 cm³/mol. The summed E-state index contributed by atoms with van der Waals surface area (Å²) in [6.07, 6.45) is 2.97. The summed E-state index contributed by atoms with van der Waals surface area (Å²) >= 11 is 0. The Hall–Kier alpha value is -0.860. The first kappa shape index (κ1) is 14.2. The summed E-state index contributed by atoms with van der Waals surface area (Å²) in [6, 6.07) is 11.0. The fourth-order valence-corrected chi connectivity index (χ4v) is 1.65. The molecular weight excluding hydrogens is 210 g/mol. The molecule has 0 heterocycles. The van der Waals surface area contributed by atoms with Crippen LogP contribution in [0.5, 0.6) is 0 Å². The molecule has 0 aliphatic heterocycles. The number of aryl methyl sites for hydroxylation is 1. The molecule has 1 aromatic rings. The van der Waals surface area contributed by atoms with Gasteiger partial charge in [-0.1, -0.05) is 37.3 Å². The number of rotatable bonds is 7. The van der Waals surface area contributed by atoms with Crippen molar-refractivity contribution in [2.45, 2.75) is 51.7 Å². The van der Waals surface area contributed by atoms with Crippen LogP contribution in [0, 0.1) is 0 Å². The van der Waals surface area contributed by atoms with E-state index in [1.54, 1.807) is 0 Å². The molecule has 0 saturated carbocycles. The second-order valence-electron chi connectivity index (χ2n) is 5.16. The van der Waals surface area contributed by atoms with Gasteiger partial charge >= 0.3 is 0 Å². The lowest BCUT2D eigenvalue weighted by molar-refractivity contribution is 0.0531. The van der Waals surface area contributed by atoms with Crippen LogP contribution in [0.25, 0.3) is 0 Å². The molecule has 0 aliphatic carbocycles. The van der Waals surface area contributed by atoms with Crippen molar-refractivity contribution in [2.24, 2.45) is 0 Å². The van der Waals surface area contributed by atoms with E-state index in [0.717, 1.165) is 19.3 Å². The largest absolute Gasteiger partial charge is 0.389 e. The van der Waals surface area contributed by atoms with E-state index in [0.29, 0.717) is 12.6 Å². The molecule has 0 bridgehead atoms. The summed E-state index contributed by atoms with van der Waals surface area (Å²) < 4.78 is 0. The van der Waals surface area contributed by atoms with Gasteiger partial charge in [-0.2, -0.15) is 0 Å². The molecular formula is C15H25NO. The van der Waals surface area contributed by atoms with Crippen molar-refractivity contribution >= 4 is 0 Å². The van der Waals surface area contributed by atoms with Gasteiger partial charge in [0.25, 0.3) is 0 Å². The van der Waals surface area contributed by atoms with Crippen molar-refractivity contribution in [2.75, 3.05) is 6.54 Å². The van der Waals surface area contributed by atoms with Gasteiger partial charge in [-0.05, 0) is 38.7 Å². The van der Waals surface area contributed by atoms with E-state index in [9.17, 15) is 5.11 Å². The third kappa shape index (κ3) is 5.85. The molecule has 2 atom stereocenters. The van der Waals surface area contributed by atoms with Gasteiger partial charge in [0.15, 0.2) is 0 Å². The zero-order valence-corrected chi connectivity index (χ0v) is 11.2. The Morgan fingerprint density at radius 2 is 1.94 bits per heavy atom. The van der Waals surface area contributed by atoms with Gasteiger partial charge in [0.2, 0.25) is 0 Å². The lowest BCUT2D eigenvalue weighted by atomic mass is 10.0. The molecule has 1 aromatic carbocycles. The van der Waals surface area contributed by atoms with Crippen LogP contribution in [0.4, 0.5) is 0 Å². The highest BCUT2D eigenvalue weighted by Crippen LogP contribution is 2.08. The highest BCUT2D eigenvalue weighted by atomic mass is 16.3. The van der Waals surface area contributed by atoms with E-state index >= 15 is 0 Å². The molecule has 0 saturated heterocycles. The molecule has 2 heteroatoms. The first-order chi connectivity index (χ1) is 8.03. The molecule has 0 aromatic heterocycles. The van der Waals surface area contributed by atoms with Crippen LogP contribution in [-0.4, -0.2) is 23.3 Å². The molecule has 0 spiro atoms. The zero-order valence-electron chi connectivity index (χ0n) is 11.2.